The van der Waals surface area contributed by atoms with Crippen molar-refractivity contribution in [1.82, 2.24) is 5.32 Å². The average molecular weight is 220 g/mol. The number of carbonyl (C=O) groups excluding carboxylic acids is 1. The van der Waals surface area contributed by atoms with Gasteiger partial charge in [-0.25, -0.2) is 0 Å². The fourth-order valence-corrected chi connectivity index (χ4v) is 0.858. The van der Waals surface area contributed by atoms with Gasteiger partial charge in [-0.1, -0.05) is 0 Å². The van der Waals surface area contributed by atoms with E-state index >= 15 is 0 Å². The van der Waals surface area contributed by atoms with Crippen LogP contribution in [0.25, 0.3) is 0 Å². The van der Waals surface area contributed by atoms with Crippen LogP contribution in [0.5, 0.6) is 0 Å². The summed E-state index contributed by atoms with van der Waals surface area (Å²) in [5, 5.41) is 11.0. The molecule has 0 aliphatic heterocycles. The van der Waals surface area contributed by atoms with Crippen LogP contribution < -0.4 is 11.1 Å². The molecule has 90 valence electrons. The molecule has 0 aromatic carbocycles. The van der Waals surface area contributed by atoms with Crippen molar-refractivity contribution < 1.29 is 19.4 Å². The monoisotopic (exact) mass is 220 g/mol. The minimum absolute atomic E-state index is 0.125. The quantitative estimate of drug-likeness (QED) is 0.389. The first-order valence-electron chi connectivity index (χ1n) is 5.04. The molecule has 0 unspecified atom stereocenters. The van der Waals surface area contributed by atoms with Crippen molar-refractivity contribution in [3.05, 3.63) is 0 Å². The van der Waals surface area contributed by atoms with Crippen molar-refractivity contribution in [3.63, 3.8) is 0 Å². The first-order valence-corrected chi connectivity index (χ1v) is 5.04. The van der Waals surface area contributed by atoms with E-state index < -0.39 is 0 Å². The Balaban J connectivity index is 3.01. The molecule has 0 saturated carbocycles. The normalized spacial score (nSPS) is 10.3. The first kappa shape index (κ1) is 14.3. The fraction of sp³-hybridized carbons (Fsp3) is 0.889. The summed E-state index contributed by atoms with van der Waals surface area (Å²) in [6.07, 6.45) is 0.139. The Morgan fingerprint density at radius 3 is 2.47 bits per heavy atom. The van der Waals surface area contributed by atoms with Gasteiger partial charge in [0.15, 0.2) is 0 Å². The summed E-state index contributed by atoms with van der Waals surface area (Å²) < 4.78 is 10.2. The van der Waals surface area contributed by atoms with E-state index in [0.29, 0.717) is 39.5 Å². The molecule has 0 bridgehead atoms. The Morgan fingerprint density at radius 2 is 1.87 bits per heavy atom. The van der Waals surface area contributed by atoms with Crippen molar-refractivity contribution in [2.75, 3.05) is 46.1 Å². The Morgan fingerprint density at radius 1 is 1.20 bits per heavy atom. The number of carbonyl (C=O) groups is 1. The summed E-state index contributed by atoms with van der Waals surface area (Å²) in [4.78, 5) is 10.9. The van der Waals surface area contributed by atoms with Gasteiger partial charge in [-0.3, -0.25) is 4.79 Å². The number of nitrogens with one attached hydrogen (secondary N) is 1. The molecule has 0 atom stereocenters. The molecule has 0 saturated heterocycles. The summed E-state index contributed by atoms with van der Waals surface area (Å²) in [5.74, 6) is -0.166. The van der Waals surface area contributed by atoms with E-state index in [-0.39, 0.29) is 18.9 Å². The molecule has 1 amide bonds. The van der Waals surface area contributed by atoms with Crippen LogP contribution in [0.1, 0.15) is 6.42 Å². The molecule has 0 aliphatic carbocycles. The van der Waals surface area contributed by atoms with Crippen molar-refractivity contribution >= 4 is 5.91 Å². The number of nitrogens with two attached hydrogens (primary N) is 1. The predicted molar refractivity (Wildman–Crippen MR) is 55.4 cm³/mol. The van der Waals surface area contributed by atoms with E-state index in [1.807, 2.05) is 0 Å². The third kappa shape index (κ3) is 11.2. The number of hydrogen-bond donors (Lipinski definition) is 3. The number of hydrogen-bond acceptors (Lipinski definition) is 5. The van der Waals surface area contributed by atoms with Crippen LogP contribution in [0.4, 0.5) is 0 Å². The van der Waals surface area contributed by atoms with Crippen molar-refractivity contribution in [2.45, 2.75) is 6.42 Å². The zero-order chi connectivity index (χ0) is 11.4. The second kappa shape index (κ2) is 11.4. The van der Waals surface area contributed by atoms with Gasteiger partial charge in [0.2, 0.25) is 5.91 Å². The number of rotatable bonds is 10. The predicted octanol–water partition coefficient (Wildman–Crippen LogP) is -1.52. The zero-order valence-corrected chi connectivity index (χ0v) is 8.91. The van der Waals surface area contributed by atoms with Gasteiger partial charge in [-0.2, -0.15) is 0 Å². The van der Waals surface area contributed by atoms with Gasteiger partial charge in [-0.05, 0) is 0 Å². The van der Waals surface area contributed by atoms with E-state index in [0.717, 1.165) is 0 Å². The van der Waals surface area contributed by atoms with Crippen molar-refractivity contribution in [1.29, 1.82) is 0 Å². The van der Waals surface area contributed by atoms with Gasteiger partial charge in [0.05, 0.1) is 33.0 Å². The number of aliphatic hydroxyl groups excluding tert-OH is 1. The topological polar surface area (TPSA) is 93.8 Å². The minimum atomic E-state index is -0.166. The third-order valence-electron chi connectivity index (χ3n) is 1.54. The molecule has 0 rings (SSSR count). The lowest BCUT2D eigenvalue weighted by Gasteiger charge is -2.06. The first-order chi connectivity index (χ1) is 7.31. The van der Waals surface area contributed by atoms with Crippen LogP contribution in [-0.2, 0) is 14.3 Å². The highest BCUT2D eigenvalue weighted by Crippen LogP contribution is 1.79. The molecule has 0 spiro atoms. The standard InChI is InChI=1S/C9H20N2O4/c10-2-5-14-7-8-15-6-3-11-9(13)1-4-12/h12H,1-8,10H2,(H,11,13). The maximum atomic E-state index is 10.9. The van der Waals surface area contributed by atoms with Crippen LogP contribution in [-0.4, -0.2) is 57.1 Å². The van der Waals surface area contributed by atoms with Crippen LogP contribution in [0, 0.1) is 0 Å². The number of ether oxygens (including phenoxy) is 2. The molecule has 6 heteroatoms. The molecule has 0 aromatic heterocycles. The molecule has 15 heavy (non-hydrogen) atoms. The second-order valence-electron chi connectivity index (χ2n) is 2.84. The Bertz CT molecular complexity index is 155. The van der Waals surface area contributed by atoms with Crippen LogP contribution in [0.3, 0.4) is 0 Å². The summed E-state index contributed by atoms with van der Waals surface area (Å²) in [7, 11) is 0. The zero-order valence-electron chi connectivity index (χ0n) is 8.91. The lowest BCUT2D eigenvalue weighted by atomic mass is 10.4. The van der Waals surface area contributed by atoms with Crippen molar-refractivity contribution in [2.24, 2.45) is 5.73 Å². The molecule has 0 radical (unpaired) electrons. The summed E-state index contributed by atoms with van der Waals surface area (Å²) in [6, 6.07) is 0. The summed E-state index contributed by atoms with van der Waals surface area (Å²) in [6.45, 7) is 2.84. The molecule has 6 nitrogen and oxygen atoms in total. The lowest BCUT2D eigenvalue weighted by Crippen LogP contribution is -2.28. The summed E-state index contributed by atoms with van der Waals surface area (Å²) in [5.41, 5.74) is 5.22. The van der Waals surface area contributed by atoms with E-state index in [2.05, 4.69) is 5.32 Å². The molecular formula is C9H20N2O4. The minimum Gasteiger partial charge on any atom is -0.396 e. The third-order valence-corrected chi connectivity index (χ3v) is 1.54. The van der Waals surface area contributed by atoms with Gasteiger partial charge in [-0.15, -0.1) is 0 Å². The van der Waals surface area contributed by atoms with Gasteiger partial charge in [0.25, 0.3) is 0 Å². The number of aliphatic hydroxyl groups is 1. The molecule has 4 N–H and O–H groups in total. The van der Waals surface area contributed by atoms with Crippen LogP contribution in [0.2, 0.25) is 0 Å². The molecular weight excluding hydrogens is 200 g/mol. The second-order valence-corrected chi connectivity index (χ2v) is 2.84. The highest BCUT2D eigenvalue weighted by Gasteiger charge is 1.97. The SMILES string of the molecule is NCCOCCOCCNC(=O)CCO. The molecule has 0 aromatic rings. The summed E-state index contributed by atoms with van der Waals surface area (Å²) >= 11 is 0. The van der Waals surface area contributed by atoms with E-state index in [1.54, 1.807) is 0 Å². The smallest absolute Gasteiger partial charge is 0.222 e. The average Bonchev–Trinajstić information content (AvgIpc) is 2.22. The Kier molecular flexibility index (Phi) is 10.9. The lowest BCUT2D eigenvalue weighted by molar-refractivity contribution is -0.121. The molecule has 0 fully saturated rings. The van der Waals surface area contributed by atoms with E-state index in [9.17, 15) is 4.79 Å². The maximum Gasteiger partial charge on any atom is 0.222 e. The fourth-order valence-electron chi connectivity index (χ4n) is 0.858. The molecule has 0 aliphatic rings. The van der Waals surface area contributed by atoms with Gasteiger partial charge in [0, 0.05) is 19.5 Å². The van der Waals surface area contributed by atoms with Crippen LogP contribution in [0.15, 0.2) is 0 Å². The Labute approximate surface area is 89.7 Å². The van der Waals surface area contributed by atoms with Crippen LogP contribution >= 0.6 is 0 Å². The number of amides is 1. The van der Waals surface area contributed by atoms with E-state index in [4.69, 9.17) is 20.3 Å². The van der Waals surface area contributed by atoms with Gasteiger partial charge >= 0.3 is 0 Å². The van der Waals surface area contributed by atoms with E-state index in [1.165, 1.54) is 0 Å². The Hall–Kier alpha value is -0.690. The van der Waals surface area contributed by atoms with Gasteiger partial charge < -0.3 is 25.6 Å². The largest absolute Gasteiger partial charge is 0.396 e. The van der Waals surface area contributed by atoms with Gasteiger partial charge in [0.1, 0.15) is 0 Å². The van der Waals surface area contributed by atoms with Crippen molar-refractivity contribution in [3.8, 4) is 0 Å². The highest BCUT2D eigenvalue weighted by molar-refractivity contribution is 5.75. The molecule has 0 heterocycles. The maximum absolute atomic E-state index is 10.9. The highest BCUT2D eigenvalue weighted by atomic mass is 16.5.